The van der Waals surface area contributed by atoms with E-state index in [4.69, 9.17) is 0 Å². The SMILES string of the molecule is Cc1ccc(CNC(=O)CNC(C)(CO)c2ccccc2)cc1F. The fourth-order valence-electron chi connectivity index (χ4n) is 2.34. The first-order valence-corrected chi connectivity index (χ1v) is 7.88. The molecule has 128 valence electrons. The smallest absolute Gasteiger partial charge is 0.234 e. The number of hydrogen-bond acceptors (Lipinski definition) is 3. The van der Waals surface area contributed by atoms with Crippen LogP contribution in [0.2, 0.25) is 0 Å². The number of halogens is 1. The number of aliphatic hydroxyl groups is 1. The van der Waals surface area contributed by atoms with Crippen LogP contribution in [0.1, 0.15) is 23.6 Å². The number of hydrogen-bond donors (Lipinski definition) is 3. The van der Waals surface area contributed by atoms with Crippen LogP contribution < -0.4 is 10.6 Å². The maximum atomic E-state index is 13.5. The summed E-state index contributed by atoms with van der Waals surface area (Å²) in [5.74, 6) is -0.497. The van der Waals surface area contributed by atoms with Gasteiger partial charge in [-0.2, -0.15) is 0 Å². The summed E-state index contributed by atoms with van der Waals surface area (Å²) in [5.41, 5.74) is 1.49. The highest BCUT2D eigenvalue weighted by atomic mass is 19.1. The van der Waals surface area contributed by atoms with Gasteiger partial charge in [-0.15, -0.1) is 0 Å². The second-order valence-electron chi connectivity index (χ2n) is 6.07. The number of rotatable bonds is 7. The summed E-state index contributed by atoms with van der Waals surface area (Å²) in [7, 11) is 0. The average molecular weight is 330 g/mol. The zero-order valence-corrected chi connectivity index (χ0v) is 14.0. The molecule has 0 radical (unpaired) electrons. The van der Waals surface area contributed by atoms with E-state index in [9.17, 15) is 14.3 Å². The first kappa shape index (κ1) is 18.1. The Hall–Kier alpha value is -2.24. The van der Waals surface area contributed by atoms with Crippen molar-refractivity contribution in [3.8, 4) is 0 Å². The second-order valence-corrected chi connectivity index (χ2v) is 6.07. The van der Waals surface area contributed by atoms with Crippen LogP contribution in [0, 0.1) is 12.7 Å². The highest BCUT2D eigenvalue weighted by molar-refractivity contribution is 5.78. The number of aryl methyl sites for hydroxylation is 1. The Bertz CT molecular complexity index is 691. The van der Waals surface area contributed by atoms with E-state index in [1.54, 1.807) is 19.1 Å². The van der Waals surface area contributed by atoms with Crippen molar-refractivity contribution in [1.82, 2.24) is 10.6 Å². The molecule has 0 heterocycles. The van der Waals surface area contributed by atoms with Gasteiger partial charge in [0.1, 0.15) is 5.82 Å². The molecule has 0 aliphatic rings. The predicted molar refractivity (Wildman–Crippen MR) is 91.9 cm³/mol. The molecule has 5 heteroatoms. The largest absolute Gasteiger partial charge is 0.394 e. The van der Waals surface area contributed by atoms with Gasteiger partial charge in [0, 0.05) is 6.54 Å². The Balaban J connectivity index is 1.89. The molecule has 3 N–H and O–H groups in total. The van der Waals surface area contributed by atoms with Crippen LogP contribution in [0.25, 0.3) is 0 Å². The Kier molecular flexibility index (Phi) is 6.06. The minimum absolute atomic E-state index is 0.0559. The number of aliphatic hydroxyl groups excluding tert-OH is 1. The van der Waals surface area contributed by atoms with Gasteiger partial charge in [-0.1, -0.05) is 42.5 Å². The van der Waals surface area contributed by atoms with Crippen LogP contribution in [0.5, 0.6) is 0 Å². The van der Waals surface area contributed by atoms with Gasteiger partial charge >= 0.3 is 0 Å². The first-order valence-electron chi connectivity index (χ1n) is 7.88. The third kappa shape index (κ3) is 4.63. The molecule has 0 aliphatic heterocycles. The lowest BCUT2D eigenvalue weighted by Gasteiger charge is -2.29. The van der Waals surface area contributed by atoms with Gasteiger partial charge in [0.05, 0.1) is 18.7 Å². The van der Waals surface area contributed by atoms with Crippen molar-refractivity contribution < 1.29 is 14.3 Å². The molecule has 2 rings (SSSR count). The fourth-order valence-corrected chi connectivity index (χ4v) is 2.34. The summed E-state index contributed by atoms with van der Waals surface area (Å²) in [5, 5.41) is 15.5. The zero-order chi connectivity index (χ0) is 17.6. The zero-order valence-electron chi connectivity index (χ0n) is 14.0. The van der Waals surface area contributed by atoms with E-state index in [1.165, 1.54) is 6.07 Å². The van der Waals surface area contributed by atoms with Gasteiger partial charge < -0.3 is 10.4 Å². The predicted octanol–water partition coefficient (Wildman–Crippen LogP) is 2.25. The molecule has 0 aromatic heterocycles. The normalized spacial score (nSPS) is 13.3. The van der Waals surface area contributed by atoms with Crippen LogP contribution in [0.15, 0.2) is 48.5 Å². The molecule has 0 saturated heterocycles. The van der Waals surface area contributed by atoms with Crippen LogP contribution in [-0.4, -0.2) is 24.2 Å². The van der Waals surface area contributed by atoms with Crippen molar-refractivity contribution in [2.24, 2.45) is 0 Å². The molecule has 1 atom stereocenters. The van der Waals surface area contributed by atoms with Gasteiger partial charge in [0.25, 0.3) is 0 Å². The van der Waals surface area contributed by atoms with Crippen molar-refractivity contribution in [2.75, 3.05) is 13.2 Å². The van der Waals surface area contributed by atoms with E-state index in [1.807, 2.05) is 37.3 Å². The molecule has 0 bridgehead atoms. The van der Waals surface area contributed by atoms with Crippen molar-refractivity contribution in [3.63, 3.8) is 0 Å². The summed E-state index contributed by atoms with van der Waals surface area (Å²) in [6.45, 7) is 3.72. The van der Waals surface area contributed by atoms with Crippen LogP contribution in [0.3, 0.4) is 0 Å². The molecule has 24 heavy (non-hydrogen) atoms. The maximum Gasteiger partial charge on any atom is 0.234 e. The molecule has 0 aliphatic carbocycles. The molecule has 0 spiro atoms. The number of carbonyl (C=O) groups is 1. The van der Waals surface area contributed by atoms with E-state index >= 15 is 0 Å². The number of nitrogens with one attached hydrogen (secondary N) is 2. The Morgan fingerprint density at radius 1 is 1.21 bits per heavy atom. The molecular weight excluding hydrogens is 307 g/mol. The van der Waals surface area contributed by atoms with Crippen molar-refractivity contribution in [3.05, 3.63) is 71.0 Å². The Morgan fingerprint density at radius 3 is 2.54 bits per heavy atom. The summed E-state index contributed by atoms with van der Waals surface area (Å²) < 4.78 is 13.5. The molecule has 1 amide bonds. The van der Waals surface area contributed by atoms with Crippen LogP contribution in [0.4, 0.5) is 4.39 Å². The lowest BCUT2D eigenvalue weighted by atomic mass is 9.93. The third-order valence-corrected chi connectivity index (χ3v) is 4.09. The van der Waals surface area contributed by atoms with Crippen molar-refractivity contribution >= 4 is 5.91 Å². The molecule has 2 aromatic carbocycles. The minimum Gasteiger partial charge on any atom is -0.394 e. The minimum atomic E-state index is -0.700. The molecule has 4 nitrogen and oxygen atoms in total. The van der Waals surface area contributed by atoms with Gasteiger partial charge in [-0.3, -0.25) is 10.1 Å². The van der Waals surface area contributed by atoms with Crippen LogP contribution in [-0.2, 0) is 16.9 Å². The highest BCUT2D eigenvalue weighted by Crippen LogP contribution is 2.19. The fraction of sp³-hybridized carbons (Fsp3) is 0.316. The highest BCUT2D eigenvalue weighted by Gasteiger charge is 2.25. The van der Waals surface area contributed by atoms with Gasteiger partial charge in [-0.25, -0.2) is 4.39 Å². The molecule has 0 saturated carbocycles. The summed E-state index contributed by atoms with van der Waals surface area (Å²) in [6, 6.07) is 14.4. The summed E-state index contributed by atoms with van der Waals surface area (Å²) in [4.78, 5) is 12.0. The number of carbonyl (C=O) groups excluding carboxylic acids is 1. The van der Waals surface area contributed by atoms with E-state index in [0.717, 1.165) is 5.56 Å². The average Bonchev–Trinajstić information content (AvgIpc) is 2.61. The van der Waals surface area contributed by atoms with E-state index in [-0.39, 0.29) is 31.4 Å². The topological polar surface area (TPSA) is 61.4 Å². The molecule has 2 aromatic rings. The van der Waals surface area contributed by atoms with Crippen LogP contribution >= 0.6 is 0 Å². The quantitative estimate of drug-likeness (QED) is 0.730. The van der Waals surface area contributed by atoms with Crippen molar-refractivity contribution in [1.29, 1.82) is 0 Å². The molecule has 1 unspecified atom stereocenters. The van der Waals surface area contributed by atoms with Gasteiger partial charge in [0.2, 0.25) is 5.91 Å². The molecule has 0 fully saturated rings. The van der Waals surface area contributed by atoms with Crippen molar-refractivity contribution in [2.45, 2.75) is 25.9 Å². The monoisotopic (exact) mass is 330 g/mol. The summed E-state index contributed by atoms with van der Waals surface area (Å²) >= 11 is 0. The van der Waals surface area contributed by atoms with E-state index in [0.29, 0.717) is 11.1 Å². The second kappa shape index (κ2) is 8.04. The first-order chi connectivity index (χ1) is 11.4. The van der Waals surface area contributed by atoms with E-state index in [2.05, 4.69) is 10.6 Å². The Morgan fingerprint density at radius 2 is 1.92 bits per heavy atom. The van der Waals surface area contributed by atoms with Gasteiger partial charge in [-0.05, 0) is 36.6 Å². The standard InChI is InChI=1S/C19H23FN2O2/c1-14-8-9-15(10-17(14)20)11-21-18(24)12-22-19(2,13-23)16-6-4-3-5-7-16/h3-10,22-23H,11-13H2,1-2H3,(H,21,24). The summed E-state index contributed by atoms with van der Waals surface area (Å²) in [6.07, 6.45) is 0. The van der Waals surface area contributed by atoms with E-state index < -0.39 is 5.54 Å². The maximum absolute atomic E-state index is 13.5. The van der Waals surface area contributed by atoms with Gasteiger partial charge in [0.15, 0.2) is 0 Å². The number of amides is 1. The Labute approximate surface area is 141 Å². The lowest BCUT2D eigenvalue weighted by molar-refractivity contribution is -0.120. The molecular formula is C19H23FN2O2. The third-order valence-electron chi connectivity index (χ3n) is 4.09. The number of benzene rings is 2. The lowest BCUT2D eigenvalue weighted by Crippen LogP contribution is -2.47.